The van der Waals surface area contributed by atoms with Gasteiger partial charge in [-0.2, -0.15) is 0 Å². The Balaban J connectivity index is 3.65. The van der Waals surface area contributed by atoms with E-state index in [-0.39, 0.29) is 10.6 Å². The van der Waals surface area contributed by atoms with Crippen molar-refractivity contribution in [1.29, 1.82) is 0 Å². The minimum atomic E-state index is -3.64. The first kappa shape index (κ1) is 12.8. The highest BCUT2D eigenvalue weighted by Crippen LogP contribution is 2.30. The molecule has 16 heavy (non-hydrogen) atoms. The molecule has 0 saturated carbocycles. The van der Waals surface area contributed by atoms with Crippen LogP contribution in [0, 0.1) is 0 Å². The molecule has 0 aliphatic carbocycles. The van der Waals surface area contributed by atoms with Gasteiger partial charge in [-0.25, -0.2) is 16.8 Å². The van der Waals surface area contributed by atoms with E-state index in [0.717, 1.165) is 24.6 Å². The summed E-state index contributed by atoms with van der Waals surface area (Å²) in [6.45, 7) is 0. The number of rotatable bonds is 2. The van der Waals surface area contributed by atoms with Gasteiger partial charge in [-0.1, -0.05) is 0 Å². The number of hydrogen-bond donors (Lipinski definition) is 2. The molecule has 0 radical (unpaired) electrons. The molecule has 0 saturated heterocycles. The van der Waals surface area contributed by atoms with E-state index in [1.54, 1.807) is 0 Å². The van der Waals surface area contributed by atoms with Crippen molar-refractivity contribution in [2.45, 2.75) is 9.79 Å². The number of sulfone groups is 2. The lowest BCUT2D eigenvalue weighted by Gasteiger charge is -2.08. The predicted octanol–water partition coefficient (Wildman–Crippen LogP) is -0.219. The SMILES string of the molecule is CS(=O)(=O)c1cc(O)c(S(C)(=O)=O)cc1N. The summed E-state index contributed by atoms with van der Waals surface area (Å²) in [5.74, 6) is -0.628. The standard InChI is InChI=1S/C8H11NO5S2/c1-15(11,12)7-4-6(10)8(3-5(7)9)16(2,13)14/h3-4,10H,9H2,1-2H3. The van der Waals surface area contributed by atoms with E-state index in [4.69, 9.17) is 5.73 Å². The molecule has 0 aliphatic heterocycles. The van der Waals surface area contributed by atoms with Gasteiger partial charge in [-0.15, -0.1) is 0 Å². The van der Waals surface area contributed by atoms with Gasteiger partial charge < -0.3 is 10.8 Å². The van der Waals surface area contributed by atoms with Gasteiger partial charge in [-0.3, -0.25) is 0 Å². The van der Waals surface area contributed by atoms with Gasteiger partial charge in [0.2, 0.25) is 0 Å². The molecule has 0 fully saturated rings. The molecule has 0 spiro atoms. The summed E-state index contributed by atoms with van der Waals surface area (Å²) in [6, 6.07) is 1.77. The zero-order valence-electron chi connectivity index (χ0n) is 8.63. The lowest BCUT2D eigenvalue weighted by Crippen LogP contribution is -2.05. The van der Waals surface area contributed by atoms with E-state index in [1.165, 1.54) is 0 Å². The molecular weight excluding hydrogens is 254 g/mol. The fraction of sp³-hybridized carbons (Fsp3) is 0.250. The zero-order chi connectivity index (χ0) is 12.7. The van der Waals surface area contributed by atoms with Crippen LogP contribution in [0.2, 0.25) is 0 Å². The Morgan fingerprint density at radius 2 is 1.44 bits per heavy atom. The molecule has 0 aromatic heterocycles. The minimum Gasteiger partial charge on any atom is -0.507 e. The van der Waals surface area contributed by atoms with Gasteiger partial charge in [0.15, 0.2) is 19.7 Å². The van der Waals surface area contributed by atoms with Crippen LogP contribution in [0.4, 0.5) is 5.69 Å². The summed E-state index contributed by atoms with van der Waals surface area (Å²) >= 11 is 0. The Morgan fingerprint density at radius 3 is 1.81 bits per heavy atom. The Kier molecular flexibility index (Phi) is 2.90. The smallest absolute Gasteiger partial charge is 0.179 e. The summed E-state index contributed by atoms with van der Waals surface area (Å²) in [6.07, 6.45) is 1.81. The maximum Gasteiger partial charge on any atom is 0.179 e. The molecule has 1 aromatic rings. The molecule has 0 aliphatic rings. The fourth-order valence-corrected chi connectivity index (χ4v) is 2.78. The van der Waals surface area contributed by atoms with E-state index >= 15 is 0 Å². The number of nitrogens with two attached hydrogens (primary N) is 1. The number of nitrogen functional groups attached to an aromatic ring is 1. The van der Waals surface area contributed by atoms with Crippen molar-refractivity contribution in [1.82, 2.24) is 0 Å². The van der Waals surface area contributed by atoms with E-state index in [9.17, 15) is 21.9 Å². The molecule has 0 unspecified atom stereocenters. The molecule has 0 amide bonds. The third kappa shape index (κ3) is 2.45. The summed E-state index contributed by atoms with van der Waals surface area (Å²) < 4.78 is 44.9. The summed E-state index contributed by atoms with van der Waals surface area (Å²) in [4.78, 5) is -0.685. The van der Waals surface area contributed by atoms with E-state index in [1.807, 2.05) is 0 Å². The van der Waals surface area contributed by atoms with Gasteiger partial charge in [0.25, 0.3) is 0 Å². The van der Waals surface area contributed by atoms with Gasteiger partial charge in [-0.05, 0) is 6.07 Å². The number of aromatic hydroxyl groups is 1. The average Bonchev–Trinajstić information content (AvgIpc) is 2.04. The summed E-state index contributed by atoms with van der Waals surface area (Å²) in [5, 5.41) is 9.42. The highest BCUT2D eigenvalue weighted by Gasteiger charge is 2.20. The van der Waals surface area contributed by atoms with Crippen molar-refractivity contribution in [3.63, 3.8) is 0 Å². The van der Waals surface area contributed by atoms with Crippen molar-refractivity contribution in [2.75, 3.05) is 18.2 Å². The van der Waals surface area contributed by atoms with Crippen molar-refractivity contribution in [2.24, 2.45) is 0 Å². The molecule has 1 aromatic carbocycles. The first-order valence-electron chi connectivity index (χ1n) is 4.06. The van der Waals surface area contributed by atoms with Crippen LogP contribution in [0.5, 0.6) is 5.75 Å². The van der Waals surface area contributed by atoms with E-state index in [0.29, 0.717) is 0 Å². The molecule has 8 heteroatoms. The van der Waals surface area contributed by atoms with Crippen molar-refractivity contribution in [3.05, 3.63) is 12.1 Å². The van der Waals surface area contributed by atoms with Crippen LogP contribution in [-0.4, -0.2) is 34.5 Å². The lowest BCUT2D eigenvalue weighted by atomic mass is 10.3. The first-order valence-corrected chi connectivity index (χ1v) is 7.84. The second-order valence-corrected chi connectivity index (χ2v) is 7.37. The maximum absolute atomic E-state index is 11.2. The first-order chi connectivity index (χ1) is 7.03. The molecular formula is C8H11NO5S2. The van der Waals surface area contributed by atoms with E-state index in [2.05, 4.69) is 0 Å². The predicted molar refractivity (Wildman–Crippen MR) is 58.7 cm³/mol. The average molecular weight is 265 g/mol. The molecule has 90 valence electrons. The second kappa shape index (κ2) is 3.63. The van der Waals surface area contributed by atoms with Crippen LogP contribution in [0.15, 0.2) is 21.9 Å². The third-order valence-corrected chi connectivity index (χ3v) is 4.17. The number of anilines is 1. The van der Waals surface area contributed by atoms with Gasteiger partial charge in [0.1, 0.15) is 10.6 Å². The minimum absolute atomic E-state index is 0.208. The Morgan fingerprint density at radius 1 is 1.00 bits per heavy atom. The molecule has 0 bridgehead atoms. The second-order valence-electron chi connectivity index (χ2n) is 3.40. The van der Waals surface area contributed by atoms with Crippen LogP contribution in [0.3, 0.4) is 0 Å². The molecule has 3 N–H and O–H groups in total. The fourth-order valence-electron chi connectivity index (χ4n) is 1.18. The Labute approximate surface area is 93.5 Å². The maximum atomic E-state index is 11.2. The van der Waals surface area contributed by atoms with Crippen LogP contribution < -0.4 is 5.73 Å². The Hall–Kier alpha value is -1.28. The monoisotopic (exact) mass is 265 g/mol. The summed E-state index contributed by atoms with van der Waals surface area (Å²) in [5.41, 5.74) is 5.21. The van der Waals surface area contributed by atoms with Crippen molar-refractivity contribution >= 4 is 25.4 Å². The molecule has 0 heterocycles. The van der Waals surface area contributed by atoms with Crippen LogP contribution in [-0.2, 0) is 19.7 Å². The van der Waals surface area contributed by atoms with Gasteiger partial charge >= 0.3 is 0 Å². The quantitative estimate of drug-likeness (QED) is 0.564. The topological polar surface area (TPSA) is 115 Å². The van der Waals surface area contributed by atoms with Gasteiger partial charge in [0.05, 0.1) is 10.6 Å². The van der Waals surface area contributed by atoms with E-state index < -0.39 is 30.3 Å². The highest BCUT2D eigenvalue weighted by molar-refractivity contribution is 7.91. The third-order valence-electron chi connectivity index (χ3n) is 1.89. The normalized spacial score (nSPS) is 12.6. The largest absolute Gasteiger partial charge is 0.507 e. The number of hydrogen-bond acceptors (Lipinski definition) is 6. The highest BCUT2D eigenvalue weighted by atomic mass is 32.2. The van der Waals surface area contributed by atoms with Crippen LogP contribution >= 0.6 is 0 Å². The molecule has 6 nitrogen and oxygen atoms in total. The van der Waals surface area contributed by atoms with Crippen molar-refractivity contribution < 1.29 is 21.9 Å². The lowest BCUT2D eigenvalue weighted by molar-refractivity contribution is 0.457. The number of phenols is 1. The van der Waals surface area contributed by atoms with Gasteiger partial charge in [0, 0.05) is 18.6 Å². The summed E-state index contributed by atoms with van der Waals surface area (Å²) in [7, 11) is -7.24. The Bertz CT molecular complexity index is 573. The van der Waals surface area contributed by atoms with Crippen molar-refractivity contribution in [3.8, 4) is 5.75 Å². The zero-order valence-corrected chi connectivity index (χ0v) is 10.3. The van der Waals surface area contributed by atoms with Crippen LogP contribution in [0.25, 0.3) is 0 Å². The molecule has 1 rings (SSSR count). The number of benzene rings is 1. The number of phenolic OH excluding ortho intramolecular Hbond substituents is 1. The van der Waals surface area contributed by atoms with Crippen LogP contribution in [0.1, 0.15) is 0 Å². The molecule has 0 atom stereocenters.